The highest BCUT2D eigenvalue weighted by Crippen LogP contribution is 2.43. The van der Waals surface area contributed by atoms with Crippen molar-refractivity contribution < 1.29 is 9.90 Å². The SMILES string of the molecule is NC(=O)C(c1ccccc1)(c1ccccc1)C1CCN(CO)C1. The van der Waals surface area contributed by atoms with Gasteiger partial charge in [-0.1, -0.05) is 60.7 Å². The molecule has 23 heavy (non-hydrogen) atoms. The fraction of sp³-hybridized carbons (Fsp3) is 0.316. The number of benzene rings is 2. The summed E-state index contributed by atoms with van der Waals surface area (Å²) >= 11 is 0. The number of hydrogen-bond donors (Lipinski definition) is 2. The van der Waals surface area contributed by atoms with E-state index in [1.807, 2.05) is 65.6 Å². The summed E-state index contributed by atoms with van der Waals surface area (Å²) in [5.41, 5.74) is 6.95. The van der Waals surface area contributed by atoms with Crippen molar-refractivity contribution in [1.82, 2.24) is 4.90 Å². The van der Waals surface area contributed by atoms with Gasteiger partial charge in [-0.2, -0.15) is 0 Å². The van der Waals surface area contributed by atoms with Gasteiger partial charge >= 0.3 is 0 Å². The van der Waals surface area contributed by atoms with E-state index >= 15 is 0 Å². The Labute approximate surface area is 136 Å². The molecule has 1 unspecified atom stereocenters. The van der Waals surface area contributed by atoms with E-state index in [2.05, 4.69) is 0 Å². The highest BCUT2D eigenvalue weighted by atomic mass is 16.3. The molecule has 4 heteroatoms. The molecule has 1 fully saturated rings. The topological polar surface area (TPSA) is 66.6 Å². The number of hydrogen-bond acceptors (Lipinski definition) is 3. The van der Waals surface area contributed by atoms with Gasteiger partial charge in [0.1, 0.15) is 5.41 Å². The first-order valence-corrected chi connectivity index (χ1v) is 7.93. The molecule has 0 spiro atoms. The fourth-order valence-electron chi connectivity index (χ4n) is 3.84. The van der Waals surface area contributed by atoms with Crippen molar-refractivity contribution in [2.24, 2.45) is 11.7 Å². The van der Waals surface area contributed by atoms with Gasteiger partial charge < -0.3 is 10.8 Å². The maximum atomic E-state index is 12.7. The molecule has 1 saturated heterocycles. The summed E-state index contributed by atoms with van der Waals surface area (Å²) in [6, 6.07) is 19.5. The van der Waals surface area contributed by atoms with Crippen LogP contribution < -0.4 is 5.73 Å². The number of aliphatic hydroxyl groups is 1. The molecule has 1 amide bonds. The lowest BCUT2D eigenvalue weighted by Crippen LogP contribution is -2.49. The lowest BCUT2D eigenvalue weighted by molar-refractivity contribution is -0.123. The third-order valence-corrected chi connectivity index (χ3v) is 4.93. The van der Waals surface area contributed by atoms with Crippen LogP contribution in [0.2, 0.25) is 0 Å². The van der Waals surface area contributed by atoms with Crippen molar-refractivity contribution in [3.8, 4) is 0 Å². The molecule has 0 saturated carbocycles. The maximum Gasteiger partial charge on any atom is 0.232 e. The molecule has 0 aromatic heterocycles. The molecule has 4 nitrogen and oxygen atoms in total. The summed E-state index contributed by atoms with van der Waals surface area (Å²) < 4.78 is 0. The number of primary amides is 1. The third-order valence-electron chi connectivity index (χ3n) is 4.93. The lowest BCUT2D eigenvalue weighted by atomic mass is 9.64. The first kappa shape index (κ1) is 15.7. The summed E-state index contributed by atoms with van der Waals surface area (Å²) in [4.78, 5) is 14.7. The van der Waals surface area contributed by atoms with Gasteiger partial charge in [-0.25, -0.2) is 0 Å². The van der Waals surface area contributed by atoms with Crippen molar-refractivity contribution in [3.05, 3.63) is 71.8 Å². The predicted molar refractivity (Wildman–Crippen MR) is 89.6 cm³/mol. The zero-order valence-electron chi connectivity index (χ0n) is 13.1. The average Bonchev–Trinajstić information content (AvgIpc) is 3.06. The largest absolute Gasteiger partial charge is 0.381 e. The quantitative estimate of drug-likeness (QED) is 0.884. The van der Waals surface area contributed by atoms with Crippen molar-refractivity contribution in [2.45, 2.75) is 11.8 Å². The number of aliphatic hydroxyl groups excluding tert-OH is 1. The summed E-state index contributed by atoms with van der Waals surface area (Å²) in [5.74, 6) is -0.295. The molecule has 1 heterocycles. The van der Waals surface area contributed by atoms with Gasteiger partial charge in [0, 0.05) is 13.1 Å². The van der Waals surface area contributed by atoms with Gasteiger partial charge in [0.25, 0.3) is 0 Å². The van der Waals surface area contributed by atoms with Crippen LogP contribution in [0.4, 0.5) is 0 Å². The van der Waals surface area contributed by atoms with E-state index in [1.165, 1.54) is 0 Å². The lowest BCUT2D eigenvalue weighted by Gasteiger charge is -2.37. The fourth-order valence-corrected chi connectivity index (χ4v) is 3.84. The second kappa shape index (κ2) is 6.52. The Balaban J connectivity index is 2.18. The Morgan fingerprint density at radius 2 is 1.61 bits per heavy atom. The van der Waals surface area contributed by atoms with E-state index in [0.29, 0.717) is 6.54 Å². The van der Waals surface area contributed by atoms with Crippen LogP contribution in [0.15, 0.2) is 60.7 Å². The summed E-state index contributed by atoms with van der Waals surface area (Å²) in [6.07, 6.45) is 0.827. The summed E-state index contributed by atoms with van der Waals surface area (Å²) in [7, 11) is 0. The van der Waals surface area contributed by atoms with E-state index < -0.39 is 5.41 Å². The molecule has 0 bridgehead atoms. The Kier molecular flexibility index (Phi) is 4.46. The Morgan fingerprint density at radius 1 is 1.09 bits per heavy atom. The second-order valence-electron chi connectivity index (χ2n) is 6.11. The van der Waals surface area contributed by atoms with Gasteiger partial charge in [0.2, 0.25) is 5.91 Å². The number of likely N-dealkylation sites (tertiary alicyclic amines) is 1. The van der Waals surface area contributed by atoms with Crippen LogP contribution >= 0.6 is 0 Å². The van der Waals surface area contributed by atoms with E-state index in [-0.39, 0.29) is 18.6 Å². The molecule has 120 valence electrons. The summed E-state index contributed by atoms with van der Waals surface area (Å²) in [6.45, 7) is 1.44. The Hall–Kier alpha value is -2.17. The van der Waals surface area contributed by atoms with Crippen LogP contribution in [0.5, 0.6) is 0 Å². The molecular formula is C19H22N2O2. The van der Waals surface area contributed by atoms with Gasteiger partial charge in [-0.3, -0.25) is 9.69 Å². The standard InChI is InChI=1S/C19H22N2O2/c20-18(23)19(15-7-3-1-4-8-15,16-9-5-2-6-10-16)17-11-12-21(13-17)14-22/h1-10,17,22H,11-14H2,(H2,20,23). The van der Waals surface area contributed by atoms with Gasteiger partial charge in [0.15, 0.2) is 0 Å². The highest BCUT2D eigenvalue weighted by Gasteiger charge is 2.49. The van der Waals surface area contributed by atoms with Crippen LogP contribution in [0.25, 0.3) is 0 Å². The van der Waals surface area contributed by atoms with Crippen LogP contribution in [0.1, 0.15) is 17.5 Å². The van der Waals surface area contributed by atoms with Crippen LogP contribution in [0.3, 0.4) is 0 Å². The monoisotopic (exact) mass is 310 g/mol. The molecular weight excluding hydrogens is 288 g/mol. The minimum Gasteiger partial charge on any atom is -0.381 e. The first-order valence-electron chi connectivity index (χ1n) is 7.93. The number of rotatable bonds is 5. The normalized spacial score (nSPS) is 18.9. The predicted octanol–water partition coefficient (Wildman–Crippen LogP) is 1.73. The highest BCUT2D eigenvalue weighted by molar-refractivity contribution is 5.91. The molecule has 1 aliphatic rings. The van der Waals surface area contributed by atoms with E-state index in [9.17, 15) is 9.90 Å². The maximum absolute atomic E-state index is 12.7. The molecule has 2 aromatic rings. The van der Waals surface area contributed by atoms with Gasteiger partial charge in [0.05, 0.1) is 6.73 Å². The summed E-state index contributed by atoms with van der Waals surface area (Å²) in [5, 5.41) is 9.44. The zero-order chi connectivity index (χ0) is 16.3. The molecule has 2 aromatic carbocycles. The molecule has 1 aliphatic heterocycles. The smallest absolute Gasteiger partial charge is 0.232 e. The van der Waals surface area contributed by atoms with Crippen molar-refractivity contribution in [1.29, 1.82) is 0 Å². The Bertz CT molecular complexity index is 618. The number of amides is 1. The minimum absolute atomic E-state index is 0.00885. The van der Waals surface area contributed by atoms with E-state index in [1.54, 1.807) is 0 Å². The van der Waals surface area contributed by atoms with Crippen LogP contribution in [-0.2, 0) is 10.2 Å². The van der Waals surface area contributed by atoms with Gasteiger partial charge in [-0.05, 0) is 23.5 Å². The van der Waals surface area contributed by atoms with Crippen LogP contribution in [0, 0.1) is 5.92 Å². The number of carbonyl (C=O) groups excluding carboxylic acids is 1. The molecule has 0 aliphatic carbocycles. The van der Waals surface area contributed by atoms with Crippen molar-refractivity contribution in [2.75, 3.05) is 19.8 Å². The molecule has 3 rings (SSSR count). The zero-order valence-corrected chi connectivity index (χ0v) is 13.1. The Morgan fingerprint density at radius 3 is 2.00 bits per heavy atom. The first-order chi connectivity index (χ1) is 11.2. The minimum atomic E-state index is -0.869. The number of nitrogens with zero attached hydrogens (tertiary/aromatic N) is 1. The average molecular weight is 310 g/mol. The molecule has 1 atom stereocenters. The van der Waals surface area contributed by atoms with E-state index in [4.69, 9.17) is 5.73 Å². The van der Waals surface area contributed by atoms with E-state index in [0.717, 1.165) is 24.1 Å². The van der Waals surface area contributed by atoms with Crippen molar-refractivity contribution in [3.63, 3.8) is 0 Å². The molecule has 0 radical (unpaired) electrons. The second-order valence-corrected chi connectivity index (χ2v) is 6.11. The third kappa shape index (κ3) is 2.64. The van der Waals surface area contributed by atoms with Crippen molar-refractivity contribution >= 4 is 5.91 Å². The van der Waals surface area contributed by atoms with Crippen LogP contribution in [-0.4, -0.2) is 35.7 Å². The van der Waals surface area contributed by atoms with Gasteiger partial charge in [-0.15, -0.1) is 0 Å². The molecule has 3 N–H and O–H groups in total. The number of carbonyl (C=O) groups is 1. The number of nitrogens with two attached hydrogens (primary N) is 1.